The minimum absolute atomic E-state index is 0.0821. The SMILES string of the molecule is C=CCNC(=S)N1CCc2cc(O)c(O)cc2C1c1ccccc1. The highest BCUT2D eigenvalue weighted by Crippen LogP contribution is 2.40. The standard InChI is InChI=1S/C19H20N2O2S/c1-2-9-20-19(24)21-10-8-14-11-16(22)17(23)12-15(14)18(21)13-6-4-3-5-7-13/h2-7,11-12,18,22-23H,1,8-10H2,(H,20,24). The average Bonchev–Trinajstić information content (AvgIpc) is 2.60. The van der Waals surface area contributed by atoms with Gasteiger partial charge in [0.25, 0.3) is 0 Å². The highest BCUT2D eigenvalue weighted by molar-refractivity contribution is 7.80. The molecule has 0 saturated carbocycles. The number of benzene rings is 2. The number of nitrogens with one attached hydrogen (secondary N) is 1. The predicted molar refractivity (Wildman–Crippen MR) is 99.3 cm³/mol. The molecule has 0 spiro atoms. The molecule has 2 aromatic rings. The first-order chi connectivity index (χ1) is 11.6. The van der Waals surface area contributed by atoms with Crippen molar-refractivity contribution in [1.82, 2.24) is 10.2 Å². The molecule has 0 bridgehead atoms. The van der Waals surface area contributed by atoms with Gasteiger partial charge in [0.1, 0.15) is 0 Å². The van der Waals surface area contributed by atoms with E-state index < -0.39 is 0 Å². The van der Waals surface area contributed by atoms with Crippen molar-refractivity contribution in [2.75, 3.05) is 13.1 Å². The fourth-order valence-electron chi connectivity index (χ4n) is 3.12. The van der Waals surface area contributed by atoms with Crippen molar-refractivity contribution >= 4 is 17.3 Å². The zero-order valence-corrected chi connectivity index (χ0v) is 14.1. The second kappa shape index (κ2) is 6.93. The third-order valence-electron chi connectivity index (χ3n) is 4.24. The lowest BCUT2D eigenvalue weighted by Gasteiger charge is -2.39. The van der Waals surface area contributed by atoms with Crippen LogP contribution in [0.2, 0.25) is 0 Å². The first-order valence-electron chi connectivity index (χ1n) is 7.87. The zero-order chi connectivity index (χ0) is 17.1. The summed E-state index contributed by atoms with van der Waals surface area (Å²) in [6, 6.07) is 13.2. The topological polar surface area (TPSA) is 55.7 Å². The molecule has 3 rings (SSSR count). The molecule has 0 amide bonds. The van der Waals surface area contributed by atoms with Gasteiger partial charge in [-0.2, -0.15) is 0 Å². The van der Waals surface area contributed by atoms with Gasteiger partial charge in [-0.15, -0.1) is 6.58 Å². The molecule has 0 aliphatic carbocycles. The fourth-order valence-corrected chi connectivity index (χ4v) is 3.40. The molecule has 3 N–H and O–H groups in total. The summed E-state index contributed by atoms with van der Waals surface area (Å²) in [4.78, 5) is 2.12. The Morgan fingerprint density at radius 2 is 1.96 bits per heavy atom. The largest absolute Gasteiger partial charge is 0.504 e. The van der Waals surface area contributed by atoms with Crippen molar-refractivity contribution in [3.05, 3.63) is 71.8 Å². The molecule has 0 radical (unpaired) electrons. The number of hydrogen-bond donors (Lipinski definition) is 3. The van der Waals surface area contributed by atoms with Gasteiger partial charge in [-0.25, -0.2) is 0 Å². The van der Waals surface area contributed by atoms with Crippen molar-refractivity contribution in [2.24, 2.45) is 0 Å². The van der Waals surface area contributed by atoms with Crippen LogP contribution in [0, 0.1) is 0 Å². The maximum atomic E-state index is 9.98. The van der Waals surface area contributed by atoms with E-state index in [1.54, 1.807) is 18.2 Å². The minimum atomic E-state index is -0.110. The number of aromatic hydroxyl groups is 2. The number of rotatable bonds is 3. The number of fused-ring (bicyclic) bond motifs is 1. The number of phenolic OH excluding ortho intramolecular Hbond substituents is 2. The summed E-state index contributed by atoms with van der Waals surface area (Å²) in [5, 5.41) is 23.6. The second-order valence-corrected chi connectivity index (χ2v) is 6.16. The van der Waals surface area contributed by atoms with Crippen LogP contribution in [-0.4, -0.2) is 33.3 Å². The van der Waals surface area contributed by atoms with E-state index in [4.69, 9.17) is 12.2 Å². The molecule has 2 aromatic carbocycles. The van der Waals surface area contributed by atoms with Crippen LogP contribution in [0.3, 0.4) is 0 Å². The molecule has 124 valence electrons. The van der Waals surface area contributed by atoms with E-state index in [9.17, 15) is 10.2 Å². The lowest BCUT2D eigenvalue weighted by Crippen LogP contribution is -2.45. The summed E-state index contributed by atoms with van der Waals surface area (Å²) in [6.45, 7) is 5.05. The maximum Gasteiger partial charge on any atom is 0.169 e. The van der Waals surface area contributed by atoms with Gasteiger partial charge in [0, 0.05) is 13.1 Å². The molecule has 24 heavy (non-hydrogen) atoms. The molecular weight excluding hydrogens is 320 g/mol. The first-order valence-corrected chi connectivity index (χ1v) is 8.27. The molecule has 5 heteroatoms. The van der Waals surface area contributed by atoms with Crippen molar-refractivity contribution in [1.29, 1.82) is 0 Å². The van der Waals surface area contributed by atoms with E-state index in [0.717, 1.165) is 29.7 Å². The number of thiocarbonyl (C=S) groups is 1. The molecule has 1 heterocycles. The number of hydrogen-bond acceptors (Lipinski definition) is 3. The highest BCUT2D eigenvalue weighted by atomic mass is 32.1. The third kappa shape index (κ3) is 3.08. The van der Waals surface area contributed by atoms with Crippen molar-refractivity contribution < 1.29 is 10.2 Å². The van der Waals surface area contributed by atoms with Gasteiger partial charge in [0.05, 0.1) is 6.04 Å². The van der Waals surface area contributed by atoms with Gasteiger partial charge in [-0.05, 0) is 47.5 Å². The van der Waals surface area contributed by atoms with Crippen LogP contribution in [0.15, 0.2) is 55.1 Å². The minimum Gasteiger partial charge on any atom is -0.504 e. The van der Waals surface area contributed by atoms with Crippen LogP contribution >= 0.6 is 12.2 Å². The predicted octanol–water partition coefficient (Wildman–Crippen LogP) is 3.11. The number of phenols is 2. The molecule has 4 nitrogen and oxygen atoms in total. The lowest BCUT2D eigenvalue weighted by molar-refractivity contribution is 0.330. The summed E-state index contributed by atoms with van der Waals surface area (Å²) >= 11 is 5.56. The summed E-state index contributed by atoms with van der Waals surface area (Å²) in [5.74, 6) is -0.192. The van der Waals surface area contributed by atoms with Crippen LogP contribution in [0.1, 0.15) is 22.7 Å². The Morgan fingerprint density at radius 1 is 1.25 bits per heavy atom. The van der Waals surface area contributed by atoms with E-state index in [0.29, 0.717) is 11.7 Å². The van der Waals surface area contributed by atoms with Gasteiger partial charge in [-0.1, -0.05) is 36.4 Å². The van der Waals surface area contributed by atoms with Gasteiger partial charge >= 0.3 is 0 Å². The Bertz CT molecular complexity index is 761. The highest BCUT2D eigenvalue weighted by Gasteiger charge is 2.31. The second-order valence-electron chi connectivity index (χ2n) is 5.77. The maximum absolute atomic E-state index is 9.98. The van der Waals surface area contributed by atoms with Crippen molar-refractivity contribution in [3.8, 4) is 11.5 Å². The summed E-state index contributed by atoms with van der Waals surface area (Å²) in [5.41, 5.74) is 3.08. The Hall–Kier alpha value is -2.53. The molecule has 1 atom stereocenters. The van der Waals surface area contributed by atoms with Crippen molar-refractivity contribution in [3.63, 3.8) is 0 Å². The third-order valence-corrected chi connectivity index (χ3v) is 4.62. The quantitative estimate of drug-likeness (QED) is 0.455. The lowest BCUT2D eigenvalue weighted by atomic mass is 9.88. The smallest absolute Gasteiger partial charge is 0.169 e. The van der Waals surface area contributed by atoms with E-state index in [2.05, 4.69) is 16.8 Å². The van der Waals surface area contributed by atoms with Crippen molar-refractivity contribution in [2.45, 2.75) is 12.5 Å². The average molecular weight is 340 g/mol. The Balaban J connectivity index is 2.06. The Morgan fingerprint density at radius 3 is 2.67 bits per heavy atom. The molecule has 0 fully saturated rings. The van der Waals surface area contributed by atoms with Gasteiger partial charge < -0.3 is 20.4 Å². The molecule has 1 unspecified atom stereocenters. The van der Waals surface area contributed by atoms with Gasteiger partial charge in [-0.3, -0.25) is 0 Å². The van der Waals surface area contributed by atoms with Crippen LogP contribution in [0.5, 0.6) is 11.5 Å². The van der Waals surface area contributed by atoms with Crippen LogP contribution in [0.4, 0.5) is 0 Å². The molecular formula is C19H20N2O2S. The first kappa shape index (κ1) is 16.3. The Kier molecular flexibility index (Phi) is 4.71. The molecule has 1 aliphatic heterocycles. The van der Waals surface area contributed by atoms with Gasteiger partial charge in [0.15, 0.2) is 16.6 Å². The van der Waals surface area contributed by atoms with Crippen LogP contribution < -0.4 is 5.32 Å². The molecule has 1 aliphatic rings. The van der Waals surface area contributed by atoms with E-state index in [-0.39, 0.29) is 17.5 Å². The zero-order valence-electron chi connectivity index (χ0n) is 13.3. The summed E-state index contributed by atoms with van der Waals surface area (Å²) in [6.07, 6.45) is 2.52. The fraction of sp³-hybridized carbons (Fsp3) is 0.211. The summed E-state index contributed by atoms with van der Waals surface area (Å²) < 4.78 is 0. The normalized spacial score (nSPS) is 16.3. The van der Waals surface area contributed by atoms with Crippen LogP contribution in [-0.2, 0) is 6.42 Å². The number of nitrogens with zero attached hydrogens (tertiary/aromatic N) is 1. The van der Waals surface area contributed by atoms with E-state index in [1.807, 2.05) is 30.3 Å². The van der Waals surface area contributed by atoms with Crippen LogP contribution in [0.25, 0.3) is 0 Å². The van der Waals surface area contributed by atoms with E-state index in [1.165, 1.54) is 0 Å². The molecule has 0 saturated heterocycles. The Labute approximate surface area is 147 Å². The van der Waals surface area contributed by atoms with E-state index >= 15 is 0 Å². The monoisotopic (exact) mass is 340 g/mol. The van der Waals surface area contributed by atoms with Gasteiger partial charge in [0.2, 0.25) is 0 Å². The summed E-state index contributed by atoms with van der Waals surface area (Å²) in [7, 11) is 0. The molecule has 0 aromatic heterocycles.